The molecule has 0 spiro atoms. The standard InChI is InChI=1S/C18H18N6O5S/c1-2-29-13-9-8-11(10-14(13)30(20,27)28)21-22-16-15(17(19)25)23-24(18(16)26)12-6-4-3-5-7-12/h3-10,16H,2H2,1H3,(H2,19,25)(H2,20,27,28). The Morgan fingerprint density at radius 1 is 1.23 bits per heavy atom. The smallest absolute Gasteiger partial charge is 0.280 e. The lowest BCUT2D eigenvalue weighted by Crippen LogP contribution is -2.35. The molecule has 0 radical (unpaired) electrons. The summed E-state index contributed by atoms with van der Waals surface area (Å²) in [7, 11) is -4.09. The number of ether oxygens (including phenoxy) is 1. The highest BCUT2D eigenvalue weighted by Gasteiger charge is 2.40. The summed E-state index contributed by atoms with van der Waals surface area (Å²) in [5.41, 5.74) is 5.55. The number of primary sulfonamides is 1. The van der Waals surface area contributed by atoms with Crippen molar-refractivity contribution in [3.05, 3.63) is 48.5 Å². The van der Waals surface area contributed by atoms with Gasteiger partial charge in [0.05, 0.1) is 18.0 Å². The average molecular weight is 430 g/mol. The van der Waals surface area contributed by atoms with Crippen molar-refractivity contribution in [1.82, 2.24) is 0 Å². The molecule has 1 aliphatic heterocycles. The van der Waals surface area contributed by atoms with E-state index in [-0.39, 0.29) is 28.7 Å². The maximum Gasteiger partial charge on any atom is 0.280 e. The van der Waals surface area contributed by atoms with Crippen LogP contribution in [0.4, 0.5) is 11.4 Å². The van der Waals surface area contributed by atoms with E-state index in [4.69, 9.17) is 15.6 Å². The maximum absolute atomic E-state index is 12.7. The fourth-order valence-electron chi connectivity index (χ4n) is 2.67. The quantitative estimate of drug-likeness (QED) is 0.625. The number of primary amides is 1. The SMILES string of the molecule is CCOc1ccc(N=NC2C(=O)N(c3ccccc3)N=C2C(N)=O)cc1S(N)(=O)=O. The third-order valence-electron chi connectivity index (χ3n) is 3.98. The molecule has 2 aromatic carbocycles. The Labute approximate surface area is 172 Å². The molecule has 156 valence electrons. The molecule has 4 N–H and O–H groups in total. The highest BCUT2D eigenvalue weighted by atomic mass is 32.2. The summed E-state index contributed by atoms with van der Waals surface area (Å²) in [6.45, 7) is 1.92. The number of hydrogen-bond donors (Lipinski definition) is 2. The summed E-state index contributed by atoms with van der Waals surface area (Å²) in [4.78, 5) is 24.2. The largest absolute Gasteiger partial charge is 0.492 e. The molecule has 0 saturated carbocycles. The lowest BCUT2D eigenvalue weighted by atomic mass is 10.2. The first-order valence-corrected chi connectivity index (χ1v) is 10.2. The van der Waals surface area contributed by atoms with E-state index in [9.17, 15) is 18.0 Å². The van der Waals surface area contributed by atoms with Crippen LogP contribution in [0, 0.1) is 0 Å². The zero-order valence-corrected chi connectivity index (χ0v) is 16.6. The molecule has 0 bridgehead atoms. The summed E-state index contributed by atoms with van der Waals surface area (Å²) in [6.07, 6.45) is 0. The first kappa shape index (κ1) is 21.1. The summed E-state index contributed by atoms with van der Waals surface area (Å²) < 4.78 is 28.9. The average Bonchev–Trinajstić information content (AvgIpc) is 3.04. The van der Waals surface area contributed by atoms with E-state index in [2.05, 4.69) is 15.3 Å². The van der Waals surface area contributed by atoms with Crippen molar-refractivity contribution in [2.24, 2.45) is 26.2 Å². The third kappa shape index (κ3) is 4.34. The monoisotopic (exact) mass is 430 g/mol. The van der Waals surface area contributed by atoms with Crippen LogP contribution in [0.3, 0.4) is 0 Å². The first-order chi connectivity index (χ1) is 14.2. The number of hydrazone groups is 1. The Morgan fingerprint density at radius 3 is 2.53 bits per heavy atom. The highest BCUT2D eigenvalue weighted by molar-refractivity contribution is 7.89. The molecule has 11 nitrogen and oxygen atoms in total. The molecule has 1 heterocycles. The van der Waals surface area contributed by atoms with Crippen LogP contribution in [0.1, 0.15) is 6.92 Å². The molecule has 2 amide bonds. The van der Waals surface area contributed by atoms with Gasteiger partial charge in [0.2, 0.25) is 16.1 Å². The second-order valence-corrected chi connectivity index (χ2v) is 7.59. The minimum Gasteiger partial charge on any atom is -0.492 e. The third-order valence-corrected chi connectivity index (χ3v) is 4.92. The van der Waals surface area contributed by atoms with Crippen molar-refractivity contribution in [2.75, 3.05) is 11.6 Å². The summed E-state index contributed by atoms with van der Waals surface area (Å²) in [6, 6.07) is 11.0. The number of rotatable bonds is 7. The number of benzene rings is 2. The molecule has 12 heteroatoms. The van der Waals surface area contributed by atoms with Gasteiger partial charge in [-0.25, -0.2) is 13.6 Å². The van der Waals surface area contributed by atoms with Crippen molar-refractivity contribution >= 4 is 38.9 Å². The van der Waals surface area contributed by atoms with E-state index in [0.29, 0.717) is 5.69 Å². The number of carbonyl (C=O) groups is 2. The van der Waals surface area contributed by atoms with E-state index in [1.807, 2.05) is 0 Å². The molecule has 0 aromatic heterocycles. The molecule has 1 aliphatic rings. The van der Waals surface area contributed by atoms with Gasteiger partial charge in [0, 0.05) is 0 Å². The normalized spacial score (nSPS) is 16.7. The second kappa shape index (κ2) is 8.39. The number of carbonyl (C=O) groups excluding carboxylic acids is 2. The van der Waals surface area contributed by atoms with Gasteiger partial charge in [-0.2, -0.15) is 20.3 Å². The molecular weight excluding hydrogens is 412 g/mol. The summed E-state index contributed by atoms with van der Waals surface area (Å²) in [5.74, 6) is -1.50. The lowest BCUT2D eigenvalue weighted by Gasteiger charge is -2.11. The maximum atomic E-state index is 12.7. The van der Waals surface area contributed by atoms with Crippen molar-refractivity contribution in [3.8, 4) is 5.75 Å². The molecule has 1 atom stereocenters. The topological polar surface area (TPSA) is 170 Å². The Hall–Kier alpha value is -3.64. The minimum absolute atomic E-state index is 0.0607. The van der Waals surface area contributed by atoms with Crippen LogP contribution in [0.2, 0.25) is 0 Å². The molecule has 0 fully saturated rings. The van der Waals surface area contributed by atoms with Gasteiger partial charge in [0.25, 0.3) is 11.8 Å². The Balaban J connectivity index is 1.94. The molecule has 1 unspecified atom stereocenters. The van der Waals surface area contributed by atoms with Crippen LogP contribution in [-0.2, 0) is 19.6 Å². The first-order valence-electron chi connectivity index (χ1n) is 8.70. The number of para-hydroxylation sites is 1. The van der Waals surface area contributed by atoms with Gasteiger partial charge >= 0.3 is 0 Å². The van der Waals surface area contributed by atoms with Gasteiger partial charge in [-0.3, -0.25) is 9.59 Å². The summed E-state index contributed by atoms with van der Waals surface area (Å²) in [5, 5.41) is 18.0. The Kier molecular flexibility index (Phi) is 5.89. The van der Waals surface area contributed by atoms with E-state index in [1.54, 1.807) is 37.3 Å². The van der Waals surface area contributed by atoms with E-state index < -0.39 is 27.9 Å². The minimum atomic E-state index is -4.09. The van der Waals surface area contributed by atoms with Crippen LogP contribution < -0.4 is 20.6 Å². The predicted octanol–water partition coefficient (Wildman–Crippen LogP) is 1.07. The lowest BCUT2D eigenvalue weighted by molar-refractivity contribution is -0.118. The summed E-state index contributed by atoms with van der Waals surface area (Å²) >= 11 is 0. The van der Waals surface area contributed by atoms with E-state index in [1.165, 1.54) is 12.1 Å². The number of hydrogen-bond acceptors (Lipinski definition) is 8. The highest BCUT2D eigenvalue weighted by Crippen LogP contribution is 2.29. The van der Waals surface area contributed by atoms with Crippen LogP contribution in [-0.4, -0.2) is 38.6 Å². The van der Waals surface area contributed by atoms with Gasteiger partial charge < -0.3 is 10.5 Å². The molecule has 0 aliphatic carbocycles. The molecule has 2 aromatic rings. The Bertz CT molecular complexity index is 1150. The van der Waals surface area contributed by atoms with E-state index in [0.717, 1.165) is 11.1 Å². The molecule has 30 heavy (non-hydrogen) atoms. The van der Waals surface area contributed by atoms with Crippen LogP contribution in [0.5, 0.6) is 5.75 Å². The van der Waals surface area contributed by atoms with Gasteiger partial charge in [0.1, 0.15) is 10.6 Å². The number of amides is 2. The zero-order valence-electron chi connectivity index (χ0n) is 15.8. The number of nitrogens with zero attached hydrogens (tertiary/aromatic N) is 4. The van der Waals surface area contributed by atoms with Crippen LogP contribution in [0.15, 0.2) is 68.8 Å². The van der Waals surface area contributed by atoms with Crippen LogP contribution >= 0.6 is 0 Å². The van der Waals surface area contributed by atoms with Crippen molar-refractivity contribution in [1.29, 1.82) is 0 Å². The van der Waals surface area contributed by atoms with Crippen molar-refractivity contribution in [3.63, 3.8) is 0 Å². The van der Waals surface area contributed by atoms with Crippen molar-refractivity contribution in [2.45, 2.75) is 17.9 Å². The Morgan fingerprint density at radius 2 is 1.93 bits per heavy atom. The van der Waals surface area contributed by atoms with Crippen molar-refractivity contribution < 1.29 is 22.7 Å². The zero-order chi connectivity index (χ0) is 21.9. The van der Waals surface area contributed by atoms with Gasteiger partial charge in [-0.15, -0.1) is 0 Å². The molecule has 0 saturated heterocycles. The second-order valence-electron chi connectivity index (χ2n) is 6.06. The molecule has 3 rings (SSSR count). The molecular formula is C18H18N6O5S. The van der Waals surface area contributed by atoms with Gasteiger partial charge in [-0.05, 0) is 37.3 Å². The number of sulfonamides is 1. The fraction of sp³-hybridized carbons (Fsp3) is 0.167. The fourth-order valence-corrected chi connectivity index (χ4v) is 3.36. The predicted molar refractivity (Wildman–Crippen MR) is 108 cm³/mol. The number of nitrogens with two attached hydrogens (primary N) is 2. The number of anilines is 1. The van der Waals surface area contributed by atoms with Gasteiger partial charge in [-0.1, -0.05) is 18.2 Å². The van der Waals surface area contributed by atoms with E-state index >= 15 is 0 Å². The number of azo groups is 1. The van der Waals surface area contributed by atoms with Gasteiger partial charge in [0.15, 0.2) is 5.71 Å². The van der Waals surface area contributed by atoms with Crippen LogP contribution in [0.25, 0.3) is 0 Å².